The van der Waals surface area contributed by atoms with Crippen LogP contribution in [0.2, 0.25) is 0 Å². The molecule has 0 bridgehead atoms. The largest absolute Gasteiger partial charge is 0.394 e. The van der Waals surface area contributed by atoms with Gasteiger partial charge in [-0.05, 0) is 42.0 Å². The van der Waals surface area contributed by atoms with Gasteiger partial charge in [0, 0.05) is 5.56 Å². The van der Waals surface area contributed by atoms with Gasteiger partial charge in [0.05, 0.1) is 25.4 Å². The van der Waals surface area contributed by atoms with Crippen LogP contribution in [0, 0.1) is 5.92 Å². The molecule has 0 radical (unpaired) electrons. The van der Waals surface area contributed by atoms with E-state index < -0.39 is 5.54 Å². The molecule has 0 aromatic heterocycles. The van der Waals surface area contributed by atoms with Crippen molar-refractivity contribution in [3.63, 3.8) is 0 Å². The van der Waals surface area contributed by atoms with Gasteiger partial charge in [0.1, 0.15) is 0 Å². The minimum atomic E-state index is -0.454. The van der Waals surface area contributed by atoms with E-state index in [2.05, 4.69) is 12.2 Å². The standard InChI is InChI=1S/C17H23NO3/c1-12-3-2-6-17(8-12,11-19)18-16(20)13-4-5-14-9-21-10-15(14)7-13/h4-5,7,12,19H,2-3,6,8-11H2,1H3,(H,18,20). The van der Waals surface area contributed by atoms with Crippen molar-refractivity contribution in [3.8, 4) is 0 Å². The van der Waals surface area contributed by atoms with Crippen molar-refractivity contribution < 1.29 is 14.6 Å². The van der Waals surface area contributed by atoms with E-state index in [1.54, 1.807) is 0 Å². The molecular formula is C17H23NO3. The number of ether oxygens (including phenoxy) is 1. The number of fused-ring (bicyclic) bond motifs is 1. The lowest BCUT2D eigenvalue weighted by Gasteiger charge is -2.39. The Morgan fingerprint density at radius 3 is 3.00 bits per heavy atom. The van der Waals surface area contributed by atoms with Crippen molar-refractivity contribution in [2.75, 3.05) is 6.61 Å². The van der Waals surface area contributed by atoms with E-state index in [4.69, 9.17) is 4.74 Å². The number of hydrogen-bond donors (Lipinski definition) is 2. The molecule has 1 heterocycles. The van der Waals surface area contributed by atoms with Crippen LogP contribution in [-0.4, -0.2) is 23.2 Å². The van der Waals surface area contributed by atoms with Gasteiger partial charge in [-0.1, -0.05) is 25.8 Å². The van der Waals surface area contributed by atoms with Gasteiger partial charge in [-0.3, -0.25) is 4.79 Å². The van der Waals surface area contributed by atoms with Crippen molar-refractivity contribution in [2.24, 2.45) is 5.92 Å². The van der Waals surface area contributed by atoms with Crippen molar-refractivity contribution in [1.82, 2.24) is 5.32 Å². The summed E-state index contributed by atoms with van der Waals surface area (Å²) in [5, 5.41) is 12.9. The van der Waals surface area contributed by atoms with Gasteiger partial charge in [0.15, 0.2) is 0 Å². The molecule has 1 saturated carbocycles. The second-order valence-corrected chi connectivity index (χ2v) is 6.57. The molecule has 1 fully saturated rings. The molecule has 2 N–H and O–H groups in total. The van der Waals surface area contributed by atoms with Gasteiger partial charge in [0.2, 0.25) is 0 Å². The van der Waals surface area contributed by atoms with Crippen LogP contribution in [0.4, 0.5) is 0 Å². The summed E-state index contributed by atoms with van der Waals surface area (Å²) >= 11 is 0. The lowest BCUT2D eigenvalue weighted by Crippen LogP contribution is -2.53. The Morgan fingerprint density at radius 2 is 2.24 bits per heavy atom. The van der Waals surface area contributed by atoms with Crippen molar-refractivity contribution in [1.29, 1.82) is 0 Å². The van der Waals surface area contributed by atoms with Crippen LogP contribution in [0.1, 0.15) is 54.1 Å². The number of hydrogen-bond acceptors (Lipinski definition) is 3. The summed E-state index contributed by atoms with van der Waals surface area (Å²) in [5.41, 5.74) is 2.46. The average molecular weight is 289 g/mol. The third kappa shape index (κ3) is 2.97. The molecular weight excluding hydrogens is 266 g/mol. The van der Waals surface area contributed by atoms with E-state index in [1.165, 1.54) is 6.42 Å². The van der Waals surface area contributed by atoms with Crippen LogP contribution in [-0.2, 0) is 18.0 Å². The molecule has 1 amide bonds. The van der Waals surface area contributed by atoms with E-state index in [-0.39, 0.29) is 12.5 Å². The zero-order chi connectivity index (χ0) is 14.9. The summed E-state index contributed by atoms with van der Waals surface area (Å²) < 4.78 is 5.38. The number of aliphatic hydroxyl groups is 1. The van der Waals surface area contributed by atoms with Gasteiger partial charge in [-0.15, -0.1) is 0 Å². The summed E-state index contributed by atoms with van der Waals surface area (Å²) in [7, 11) is 0. The van der Waals surface area contributed by atoms with Crippen LogP contribution >= 0.6 is 0 Å². The molecule has 4 nitrogen and oxygen atoms in total. The number of benzene rings is 1. The maximum absolute atomic E-state index is 12.5. The molecule has 4 heteroatoms. The van der Waals surface area contributed by atoms with Gasteiger partial charge >= 0.3 is 0 Å². The highest BCUT2D eigenvalue weighted by Gasteiger charge is 2.36. The monoisotopic (exact) mass is 289 g/mol. The van der Waals surface area contributed by atoms with Gasteiger partial charge in [-0.25, -0.2) is 0 Å². The van der Waals surface area contributed by atoms with Crippen LogP contribution in [0.25, 0.3) is 0 Å². The second kappa shape index (κ2) is 5.78. The molecule has 21 heavy (non-hydrogen) atoms. The summed E-state index contributed by atoms with van der Waals surface area (Å²) in [4.78, 5) is 12.5. The molecule has 2 unspecified atom stereocenters. The zero-order valence-corrected chi connectivity index (χ0v) is 12.5. The van der Waals surface area contributed by atoms with Crippen LogP contribution < -0.4 is 5.32 Å². The number of carbonyl (C=O) groups is 1. The molecule has 1 aromatic carbocycles. The van der Waals surface area contributed by atoms with Crippen molar-refractivity contribution in [2.45, 2.75) is 51.4 Å². The maximum atomic E-state index is 12.5. The summed E-state index contributed by atoms with van der Waals surface area (Å²) in [6.45, 7) is 3.41. The van der Waals surface area contributed by atoms with E-state index in [0.29, 0.717) is 24.7 Å². The SMILES string of the molecule is CC1CCCC(CO)(NC(=O)c2ccc3c(c2)COC3)C1. The van der Waals surface area contributed by atoms with E-state index >= 15 is 0 Å². The van der Waals surface area contributed by atoms with Gasteiger partial charge in [-0.2, -0.15) is 0 Å². The van der Waals surface area contributed by atoms with Gasteiger partial charge < -0.3 is 15.2 Å². The number of nitrogens with one attached hydrogen (secondary N) is 1. The fourth-order valence-corrected chi connectivity index (χ4v) is 3.58. The minimum absolute atomic E-state index is 0.0110. The molecule has 1 aliphatic heterocycles. The molecule has 3 rings (SSSR count). The molecule has 114 valence electrons. The number of amides is 1. The lowest BCUT2D eigenvalue weighted by molar-refractivity contribution is 0.0697. The predicted molar refractivity (Wildman–Crippen MR) is 79.9 cm³/mol. The Hall–Kier alpha value is -1.39. The first-order valence-corrected chi connectivity index (χ1v) is 7.75. The molecule has 1 aliphatic carbocycles. The van der Waals surface area contributed by atoms with Crippen LogP contribution in [0.3, 0.4) is 0 Å². The molecule has 2 atom stereocenters. The Morgan fingerprint density at radius 1 is 1.43 bits per heavy atom. The highest BCUT2D eigenvalue weighted by atomic mass is 16.5. The highest BCUT2D eigenvalue weighted by molar-refractivity contribution is 5.95. The first-order chi connectivity index (χ1) is 10.1. The number of rotatable bonds is 3. The quantitative estimate of drug-likeness (QED) is 0.898. The van der Waals surface area contributed by atoms with E-state index in [0.717, 1.165) is 30.4 Å². The highest BCUT2D eigenvalue weighted by Crippen LogP contribution is 2.32. The fraction of sp³-hybridized carbons (Fsp3) is 0.588. The summed E-state index contributed by atoms with van der Waals surface area (Å²) in [6.07, 6.45) is 3.94. The zero-order valence-electron chi connectivity index (χ0n) is 12.5. The average Bonchev–Trinajstić information content (AvgIpc) is 2.94. The predicted octanol–water partition coefficient (Wildman–Crippen LogP) is 2.39. The van der Waals surface area contributed by atoms with Crippen molar-refractivity contribution >= 4 is 5.91 Å². The molecule has 1 aromatic rings. The molecule has 0 saturated heterocycles. The summed E-state index contributed by atoms with van der Waals surface area (Å²) in [6, 6.07) is 5.72. The smallest absolute Gasteiger partial charge is 0.251 e. The summed E-state index contributed by atoms with van der Waals surface area (Å²) in [5.74, 6) is 0.451. The van der Waals surface area contributed by atoms with Crippen LogP contribution in [0.15, 0.2) is 18.2 Å². The minimum Gasteiger partial charge on any atom is -0.394 e. The number of aliphatic hydroxyl groups excluding tert-OH is 1. The second-order valence-electron chi connectivity index (χ2n) is 6.57. The van der Waals surface area contributed by atoms with E-state index in [1.807, 2.05) is 18.2 Å². The first-order valence-electron chi connectivity index (χ1n) is 7.75. The lowest BCUT2D eigenvalue weighted by atomic mass is 9.76. The third-order valence-electron chi connectivity index (χ3n) is 4.76. The van der Waals surface area contributed by atoms with Crippen molar-refractivity contribution in [3.05, 3.63) is 34.9 Å². The molecule has 0 spiro atoms. The Kier molecular flexibility index (Phi) is 4.00. The first kappa shape index (κ1) is 14.5. The molecule has 2 aliphatic rings. The fourth-order valence-electron chi connectivity index (χ4n) is 3.58. The Labute approximate surface area is 125 Å². The topological polar surface area (TPSA) is 58.6 Å². The third-order valence-corrected chi connectivity index (χ3v) is 4.76. The number of carbonyl (C=O) groups excluding carboxylic acids is 1. The van der Waals surface area contributed by atoms with Crippen LogP contribution in [0.5, 0.6) is 0 Å². The normalized spacial score (nSPS) is 28.2. The van der Waals surface area contributed by atoms with Gasteiger partial charge in [0.25, 0.3) is 5.91 Å². The van der Waals surface area contributed by atoms with E-state index in [9.17, 15) is 9.90 Å². The Balaban J connectivity index is 1.75. The Bertz CT molecular complexity index is 543. The maximum Gasteiger partial charge on any atom is 0.251 e.